The number of ether oxygens (including phenoxy) is 1. The summed E-state index contributed by atoms with van der Waals surface area (Å²) in [7, 11) is -2.30. The summed E-state index contributed by atoms with van der Waals surface area (Å²) in [5, 5.41) is 2.76. The van der Waals surface area contributed by atoms with Crippen LogP contribution in [0.3, 0.4) is 0 Å². The molecule has 8 heteroatoms. The van der Waals surface area contributed by atoms with Gasteiger partial charge < -0.3 is 10.1 Å². The van der Waals surface area contributed by atoms with Crippen molar-refractivity contribution in [1.29, 1.82) is 0 Å². The lowest BCUT2D eigenvalue weighted by Crippen LogP contribution is -2.44. The predicted octanol–water partition coefficient (Wildman–Crippen LogP) is 3.10. The Hall–Kier alpha value is -1.74. The first-order valence-electron chi connectivity index (χ1n) is 8.82. The number of nitrogens with one attached hydrogen (secondary N) is 1. The third-order valence-electron chi connectivity index (χ3n) is 4.07. The molecule has 0 radical (unpaired) electrons. The molecular weight excluding hydrogens is 444 g/mol. The number of amides is 1. The number of methoxy groups -OCH3 is 1. The molecule has 1 amide bonds. The molecule has 0 aliphatic heterocycles. The highest BCUT2D eigenvalue weighted by Crippen LogP contribution is 2.21. The quantitative estimate of drug-likeness (QED) is 0.613. The molecular formula is C20H25BrN2O4S. The molecule has 0 saturated heterocycles. The van der Waals surface area contributed by atoms with Crippen LogP contribution in [0.5, 0.6) is 0 Å². The SMILES string of the molecule is COC[C@H](C)NC(=O)CN(Cc1ccc(C)cc1)S(=O)(=O)c1ccc(Br)cc1. The average molecular weight is 469 g/mol. The summed E-state index contributed by atoms with van der Waals surface area (Å²) in [6.45, 7) is 3.94. The number of benzene rings is 2. The molecule has 0 saturated carbocycles. The van der Waals surface area contributed by atoms with Crippen molar-refractivity contribution in [3.8, 4) is 0 Å². The summed E-state index contributed by atoms with van der Waals surface area (Å²) in [4.78, 5) is 12.6. The summed E-state index contributed by atoms with van der Waals surface area (Å²) < 4.78 is 33.3. The summed E-state index contributed by atoms with van der Waals surface area (Å²) in [5.41, 5.74) is 1.89. The van der Waals surface area contributed by atoms with Crippen molar-refractivity contribution in [1.82, 2.24) is 9.62 Å². The average Bonchev–Trinajstić information content (AvgIpc) is 2.63. The van der Waals surface area contributed by atoms with Gasteiger partial charge in [0.15, 0.2) is 0 Å². The summed E-state index contributed by atoms with van der Waals surface area (Å²) in [6.07, 6.45) is 0. The van der Waals surface area contributed by atoms with Gasteiger partial charge in [-0.3, -0.25) is 4.79 Å². The topological polar surface area (TPSA) is 75.7 Å². The molecule has 2 aromatic carbocycles. The van der Waals surface area contributed by atoms with Crippen LogP contribution in [0.15, 0.2) is 57.9 Å². The second kappa shape index (κ2) is 10.2. The highest BCUT2D eigenvalue weighted by molar-refractivity contribution is 9.10. The fourth-order valence-corrected chi connectivity index (χ4v) is 4.30. The van der Waals surface area contributed by atoms with Crippen molar-refractivity contribution < 1.29 is 17.9 Å². The van der Waals surface area contributed by atoms with Crippen LogP contribution in [0.25, 0.3) is 0 Å². The minimum absolute atomic E-state index is 0.102. The number of sulfonamides is 1. The van der Waals surface area contributed by atoms with Crippen molar-refractivity contribution in [2.45, 2.75) is 31.3 Å². The van der Waals surface area contributed by atoms with Crippen molar-refractivity contribution in [3.05, 3.63) is 64.1 Å². The molecule has 0 bridgehead atoms. The number of nitrogens with zero attached hydrogens (tertiary/aromatic N) is 1. The van der Waals surface area contributed by atoms with Gasteiger partial charge in [-0.2, -0.15) is 4.31 Å². The van der Waals surface area contributed by atoms with Gasteiger partial charge in [0, 0.05) is 24.2 Å². The minimum Gasteiger partial charge on any atom is -0.383 e. The highest BCUT2D eigenvalue weighted by Gasteiger charge is 2.27. The van der Waals surface area contributed by atoms with E-state index in [4.69, 9.17) is 4.74 Å². The van der Waals surface area contributed by atoms with Gasteiger partial charge in [-0.25, -0.2) is 8.42 Å². The number of carbonyl (C=O) groups excluding carboxylic acids is 1. The van der Waals surface area contributed by atoms with E-state index in [9.17, 15) is 13.2 Å². The zero-order chi connectivity index (χ0) is 20.7. The van der Waals surface area contributed by atoms with E-state index in [2.05, 4.69) is 21.2 Å². The van der Waals surface area contributed by atoms with Gasteiger partial charge in [-0.05, 0) is 43.7 Å². The van der Waals surface area contributed by atoms with Gasteiger partial charge >= 0.3 is 0 Å². The van der Waals surface area contributed by atoms with Gasteiger partial charge in [0.1, 0.15) is 0 Å². The Bertz CT molecular complexity index is 883. The molecule has 152 valence electrons. The number of carbonyl (C=O) groups is 1. The second-order valence-corrected chi connectivity index (χ2v) is 9.49. The predicted molar refractivity (Wildman–Crippen MR) is 112 cm³/mol. The molecule has 0 aliphatic carbocycles. The molecule has 2 aromatic rings. The Balaban J connectivity index is 2.27. The van der Waals surface area contributed by atoms with Crippen LogP contribution in [0, 0.1) is 6.92 Å². The van der Waals surface area contributed by atoms with Gasteiger partial charge in [0.2, 0.25) is 15.9 Å². The minimum atomic E-state index is -3.85. The normalized spacial score (nSPS) is 12.8. The number of halogens is 1. The van der Waals surface area contributed by atoms with Crippen LogP contribution in [-0.2, 0) is 26.1 Å². The lowest BCUT2D eigenvalue weighted by Gasteiger charge is -2.23. The Morgan fingerprint density at radius 1 is 1.14 bits per heavy atom. The zero-order valence-corrected chi connectivity index (χ0v) is 18.6. The van der Waals surface area contributed by atoms with E-state index in [1.54, 1.807) is 26.2 Å². The maximum Gasteiger partial charge on any atom is 0.243 e. The molecule has 1 atom stereocenters. The Labute approximate surface area is 175 Å². The smallest absolute Gasteiger partial charge is 0.243 e. The summed E-state index contributed by atoms with van der Waals surface area (Å²) in [6, 6.07) is 13.7. The second-order valence-electron chi connectivity index (χ2n) is 6.64. The van der Waals surface area contributed by atoms with E-state index in [-0.39, 0.29) is 29.9 Å². The molecule has 6 nitrogen and oxygen atoms in total. The van der Waals surface area contributed by atoms with Crippen LogP contribution in [0.1, 0.15) is 18.1 Å². The highest BCUT2D eigenvalue weighted by atomic mass is 79.9. The van der Waals surface area contributed by atoms with Crippen LogP contribution in [0.2, 0.25) is 0 Å². The molecule has 0 unspecified atom stereocenters. The third-order valence-corrected chi connectivity index (χ3v) is 6.41. The van der Waals surface area contributed by atoms with Crippen LogP contribution in [-0.4, -0.2) is 44.9 Å². The fourth-order valence-electron chi connectivity index (χ4n) is 2.65. The summed E-state index contributed by atoms with van der Waals surface area (Å²) in [5.74, 6) is -0.377. The summed E-state index contributed by atoms with van der Waals surface area (Å²) >= 11 is 3.31. The van der Waals surface area contributed by atoms with E-state index in [1.807, 2.05) is 31.2 Å². The Morgan fingerprint density at radius 3 is 2.32 bits per heavy atom. The van der Waals surface area contributed by atoms with Crippen molar-refractivity contribution in [2.24, 2.45) is 0 Å². The van der Waals surface area contributed by atoms with Crippen LogP contribution >= 0.6 is 15.9 Å². The van der Waals surface area contributed by atoms with Crippen molar-refractivity contribution in [2.75, 3.05) is 20.3 Å². The molecule has 2 rings (SSSR count). The van der Waals surface area contributed by atoms with E-state index in [1.165, 1.54) is 16.4 Å². The van der Waals surface area contributed by atoms with E-state index < -0.39 is 10.0 Å². The van der Waals surface area contributed by atoms with Gasteiger partial charge in [-0.15, -0.1) is 0 Å². The molecule has 0 aromatic heterocycles. The third kappa shape index (κ3) is 6.41. The lowest BCUT2D eigenvalue weighted by molar-refractivity contribution is -0.122. The monoisotopic (exact) mass is 468 g/mol. The fraction of sp³-hybridized carbons (Fsp3) is 0.350. The van der Waals surface area contributed by atoms with Crippen LogP contribution in [0.4, 0.5) is 0 Å². The van der Waals surface area contributed by atoms with Gasteiger partial charge in [-0.1, -0.05) is 45.8 Å². The molecule has 0 heterocycles. The molecule has 0 fully saturated rings. The maximum atomic E-state index is 13.2. The Kier molecular flexibility index (Phi) is 8.18. The number of hydrogen-bond acceptors (Lipinski definition) is 4. The largest absolute Gasteiger partial charge is 0.383 e. The molecule has 1 N–H and O–H groups in total. The lowest BCUT2D eigenvalue weighted by atomic mass is 10.1. The van der Waals surface area contributed by atoms with E-state index >= 15 is 0 Å². The standard InChI is InChI=1S/C20H25BrN2O4S/c1-15-4-6-17(7-5-15)12-23(13-20(24)22-16(2)14-27-3)28(25,26)19-10-8-18(21)9-11-19/h4-11,16H,12-14H2,1-3H3,(H,22,24)/t16-/m0/s1. The molecule has 0 spiro atoms. The number of hydrogen-bond donors (Lipinski definition) is 1. The van der Waals surface area contributed by atoms with Gasteiger partial charge in [0.25, 0.3) is 0 Å². The molecule has 28 heavy (non-hydrogen) atoms. The van der Waals surface area contributed by atoms with E-state index in [0.29, 0.717) is 6.61 Å². The molecule has 0 aliphatic rings. The first-order valence-corrected chi connectivity index (χ1v) is 11.0. The Morgan fingerprint density at radius 2 is 1.75 bits per heavy atom. The van der Waals surface area contributed by atoms with Gasteiger partial charge in [0.05, 0.1) is 18.0 Å². The van der Waals surface area contributed by atoms with Crippen molar-refractivity contribution in [3.63, 3.8) is 0 Å². The van der Waals surface area contributed by atoms with Crippen molar-refractivity contribution >= 4 is 31.9 Å². The number of aryl methyl sites for hydroxylation is 1. The maximum absolute atomic E-state index is 13.2. The first kappa shape index (κ1) is 22.5. The van der Waals surface area contributed by atoms with E-state index in [0.717, 1.165) is 15.6 Å². The number of rotatable bonds is 9. The van der Waals surface area contributed by atoms with Crippen LogP contribution < -0.4 is 5.32 Å². The zero-order valence-electron chi connectivity index (χ0n) is 16.2. The first-order chi connectivity index (χ1) is 13.2.